The molecule has 0 aromatic carbocycles. The van der Waals surface area contributed by atoms with Gasteiger partial charge in [-0.3, -0.25) is 0 Å². The molecule has 1 unspecified atom stereocenters. The first-order chi connectivity index (χ1) is 4.11. The Morgan fingerprint density at radius 1 is 1.56 bits per heavy atom. The average molecular weight is 136 g/mol. The summed E-state index contributed by atoms with van der Waals surface area (Å²) < 4.78 is 29.4. The highest BCUT2D eigenvalue weighted by Gasteiger charge is 2.36. The highest BCUT2D eigenvalue weighted by atomic mass is 19.3. The van der Waals surface area contributed by atoms with Gasteiger partial charge >= 0.3 is 0 Å². The van der Waals surface area contributed by atoms with Crippen molar-refractivity contribution in [3.63, 3.8) is 0 Å². The summed E-state index contributed by atoms with van der Waals surface area (Å²) in [6.45, 7) is 1.40. The molecule has 0 bridgehead atoms. The second-order valence-electron chi connectivity index (χ2n) is 2.46. The molecular formula is C6H10F2O. The minimum atomic E-state index is -2.64. The average Bonchev–Trinajstić information content (AvgIpc) is 2.08. The molecule has 54 valence electrons. The Labute approximate surface area is 53.0 Å². The van der Waals surface area contributed by atoms with Crippen LogP contribution >= 0.6 is 0 Å². The van der Waals surface area contributed by atoms with Gasteiger partial charge in [-0.1, -0.05) is 0 Å². The van der Waals surface area contributed by atoms with Crippen LogP contribution in [0.1, 0.15) is 19.8 Å². The lowest BCUT2D eigenvalue weighted by atomic mass is 10.1. The van der Waals surface area contributed by atoms with Crippen molar-refractivity contribution in [2.75, 3.05) is 6.61 Å². The molecule has 0 spiro atoms. The van der Waals surface area contributed by atoms with E-state index in [9.17, 15) is 8.78 Å². The fraction of sp³-hybridized carbons (Fsp3) is 1.00. The normalized spacial score (nSPS) is 29.0. The minimum absolute atomic E-state index is 0.494. The zero-order valence-electron chi connectivity index (χ0n) is 5.36. The molecule has 1 fully saturated rings. The standard InChI is InChI=1S/C6H10F2O/c1-6(7,8)5-3-2-4-9-5/h5H,2-4H2,1H3. The summed E-state index contributed by atoms with van der Waals surface area (Å²) in [7, 11) is 0. The number of hydrogen-bond acceptors (Lipinski definition) is 1. The minimum Gasteiger partial charge on any atom is -0.372 e. The van der Waals surface area contributed by atoms with E-state index in [4.69, 9.17) is 4.74 Å². The molecule has 1 heterocycles. The third-order valence-corrected chi connectivity index (χ3v) is 1.50. The van der Waals surface area contributed by atoms with E-state index in [0.717, 1.165) is 13.3 Å². The maximum Gasteiger partial charge on any atom is 0.270 e. The molecule has 0 radical (unpaired) electrons. The van der Waals surface area contributed by atoms with E-state index in [-0.39, 0.29) is 0 Å². The van der Waals surface area contributed by atoms with Gasteiger partial charge < -0.3 is 4.74 Å². The first kappa shape index (κ1) is 6.93. The van der Waals surface area contributed by atoms with Gasteiger partial charge in [0.1, 0.15) is 6.10 Å². The third-order valence-electron chi connectivity index (χ3n) is 1.50. The summed E-state index contributed by atoms with van der Waals surface area (Å²) in [5.41, 5.74) is 0. The Balaban J connectivity index is 2.42. The first-order valence-electron chi connectivity index (χ1n) is 3.10. The molecule has 0 saturated carbocycles. The second-order valence-corrected chi connectivity index (χ2v) is 2.46. The first-order valence-corrected chi connectivity index (χ1v) is 3.10. The van der Waals surface area contributed by atoms with Crippen molar-refractivity contribution >= 4 is 0 Å². The number of hydrogen-bond donors (Lipinski definition) is 0. The van der Waals surface area contributed by atoms with Crippen LogP contribution in [0.5, 0.6) is 0 Å². The van der Waals surface area contributed by atoms with Crippen LogP contribution in [0, 0.1) is 0 Å². The van der Waals surface area contributed by atoms with Crippen LogP contribution in [0.2, 0.25) is 0 Å². The molecule has 9 heavy (non-hydrogen) atoms. The lowest BCUT2D eigenvalue weighted by Gasteiger charge is -2.16. The van der Waals surface area contributed by atoms with E-state index < -0.39 is 12.0 Å². The van der Waals surface area contributed by atoms with E-state index in [2.05, 4.69) is 0 Å². The Morgan fingerprint density at radius 3 is 2.44 bits per heavy atom. The van der Waals surface area contributed by atoms with Crippen LogP contribution in [-0.2, 0) is 4.74 Å². The number of alkyl halides is 2. The van der Waals surface area contributed by atoms with Crippen molar-refractivity contribution in [3.8, 4) is 0 Å². The smallest absolute Gasteiger partial charge is 0.270 e. The maximum atomic E-state index is 12.3. The van der Waals surface area contributed by atoms with Crippen molar-refractivity contribution < 1.29 is 13.5 Å². The van der Waals surface area contributed by atoms with Crippen molar-refractivity contribution in [3.05, 3.63) is 0 Å². The zero-order chi connectivity index (χ0) is 6.91. The fourth-order valence-electron chi connectivity index (χ4n) is 0.977. The van der Waals surface area contributed by atoms with Gasteiger partial charge in [0.15, 0.2) is 0 Å². The lowest BCUT2D eigenvalue weighted by Crippen LogP contribution is -2.28. The van der Waals surface area contributed by atoms with Gasteiger partial charge in [0.2, 0.25) is 0 Å². The predicted molar refractivity (Wildman–Crippen MR) is 29.6 cm³/mol. The van der Waals surface area contributed by atoms with E-state index in [1.165, 1.54) is 0 Å². The summed E-state index contributed by atoms with van der Waals surface area (Å²) in [5.74, 6) is -2.64. The highest BCUT2D eigenvalue weighted by molar-refractivity contribution is 4.76. The lowest BCUT2D eigenvalue weighted by molar-refractivity contribution is -0.101. The predicted octanol–water partition coefficient (Wildman–Crippen LogP) is 1.82. The Hall–Kier alpha value is -0.180. The molecule has 0 amide bonds. The summed E-state index contributed by atoms with van der Waals surface area (Å²) in [5, 5.41) is 0. The molecule has 0 aromatic rings. The van der Waals surface area contributed by atoms with Crippen molar-refractivity contribution in [2.24, 2.45) is 0 Å². The molecule has 1 atom stereocenters. The maximum absolute atomic E-state index is 12.3. The van der Waals surface area contributed by atoms with Gasteiger partial charge in [0.05, 0.1) is 0 Å². The Bertz CT molecular complexity index is 91.7. The Kier molecular flexibility index (Phi) is 1.70. The molecule has 3 heteroatoms. The van der Waals surface area contributed by atoms with Gasteiger partial charge in [-0.2, -0.15) is 0 Å². The molecule has 0 aromatic heterocycles. The number of ether oxygens (including phenoxy) is 1. The molecule has 1 rings (SSSR count). The zero-order valence-corrected chi connectivity index (χ0v) is 5.36. The summed E-state index contributed by atoms with van der Waals surface area (Å²) in [4.78, 5) is 0. The summed E-state index contributed by atoms with van der Waals surface area (Å²) in [6.07, 6.45) is 0.454. The van der Waals surface area contributed by atoms with E-state index >= 15 is 0 Å². The monoisotopic (exact) mass is 136 g/mol. The van der Waals surface area contributed by atoms with Crippen LogP contribution in [0.3, 0.4) is 0 Å². The third kappa shape index (κ3) is 1.61. The summed E-state index contributed by atoms with van der Waals surface area (Å²) in [6, 6.07) is 0. The molecule has 0 N–H and O–H groups in total. The van der Waals surface area contributed by atoms with Gasteiger partial charge in [0.25, 0.3) is 5.92 Å². The highest BCUT2D eigenvalue weighted by Crippen LogP contribution is 2.27. The van der Waals surface area contributed by atoms with Crippen LogP contribution in [0.4, 0.5) is 8.78 Å². The number of halogens is 2. The van der Waals surface area contributed by atoms with Gasteiger partial charge in [-0.05, 0) is 12.8 Å². The van der Waals surface area contributed by atoms with Crippen molar-refractivity contribution in [1.29, 1.82) is 0 Å². The SMILES string of the molecule is CC(F)(F)C1CCCO1. The fourth-order valence-corrected chi connectivity index (χ4v) is 0.977. The second kappa shape index (κ2) is 2.21. The van der Waals surface area contributed by atoms with E-state index in [0.29, 0.717) is 13.0 Å². The van der Waals surface area contributed by atoms with E-state index in [1.807, 2.05) is 0 Å². The van der Waals surface area contributed by atoms with Crippen LogP contribution in [-0.4, -0.2) is 18.6 Å². The van der Waals surface area contributed by atoms with Gasteiger partial charge in [-0.25, -0.2) is 8.78 Å². The topological polar surface area (TPSA) is 9.23 Å². The Morgan fingerprint density at radius 2 is 2.22 bits per heavy atom. The van der Waals surface area contributed by atoms with Gasteiger partial charge in [-0.15, -0.1) is 0 Å². The number of rotatable bonds is 1. The molecule has 1 nitrogen and oxygen atoms in total. The summed E-state index contributed by atoms with van der Waals surface area (Å²) >= 11 is 0. The van der Waals surface area contributed by atoms with E-state index in [1.54, 1.807) is 0 Å². The molecule has 1 aliphatic heterocycles. The largest absolute Gasteiger partial charge is 0.372 e. The molecular weight excluding hydrogens is 126 g/mol. The van der Waals surface area contributed by atoms with Crippen LogP contribution in [0.25, 0.3) is 0 Å². The van der Waals surface area contributed by atoms with Crippen LogP contribution in [0.15, 0.2) is 0 Å². The molecule has 1 saturated heterocycles. The quantitative estimate of drug-likeness (QED) is 0.534. The van der Waals surface area contributed by atoms with Crippen molar-refractivity contribution in [2.45, 2.75) is 31.8 Å². The van der Waals surface area contributed by atoms with Crippen molar-refractivity contribution in [1.82, 2.24) is 0 Å². The van der Waals surface area contributed by atoms with Gasteiger partial charge in [0, 0.05) is 13.5 Å². The molecule has 1 aliphatic rings. The molecule has 0 aliphatic carbocycles. The van der Waals surface area contributed by atoms with Crippen LogP contribution < -0.4 is 0 Å².